The van der Waals surface area contributed by atoms with E-state index in [1.165, 1.54) is 11.1 Å². The van der Waals surface area contributed by atoms with Crippen LogP contribution in [0, 0.1) is 6.92 Å². The van der Waals surface area contributed by atoms with E-state index in [-0.39, 0.29) is 5.60 Å². The first-order valence-electron chi connectivity index (χ1n) is 5.87. The van der Waals surface area contributed by atoms with Crippen molar-refractivity contribution in [3.05, 3.63) is 29.3 Å². The minimum atomic E-state index is -0.0414. The van der Waals surface area contributed by atoms with Crippen LogP contribution in [0.25, 0.3) is 0 Å². The van der Waals surface area contributed by atoms with Crippen molar-refractivity contribution in [2.75, 3.05) is 13.2 Å². The topological polar surface area (TPSA) is 21.8 Å². The van der Waals surface area contributed by atoms with Gasteiger partial charge in [0.1, 0.15) is 18.0 Å². The molecule has 0 amide bonds. The van der Waals surface area contributed by atoms with Gasteiger partial charge in [0.05, 0.1) is 6.61 Å². The molecule has 2 heteroatoms. The Kier molecular flexibility index (Phi) is 2.94. The number of rotatable bonds is 4. The molecule has 1 fully saturated rings. The number of hydrogen-bond acceptors (Lipinski definition) is 2. The molecule has 0 aliphatic carbocycles. The molecule has 1 aromatic carbocycles. The number of hydrogen-bond donors (Lipinski definition) is 0. The highest BCUT2D eigenvalue weighted by Gasteiger charge is 2.40. The largest absolute Gasteiger partial charge is 0.490 e. The highest BCUT2D eigenvalue weighted by Crippen LogP contribution is 2.29. The van der Waals surface area contributed by atoms with E-state index in [0.717, 1.165) is 12.4 Å². The Morgan fingerprint density at radius 2 is 2.12 bits per heavy atom. The number of epoxide rings is 1. The van der Waals surface area contributed by atoms with Gasteiger partial charge in [-0.25, -0.2) is 0 Å². The van der Waals surface area contributed by atoms with Crippen LogP contribution in [0.15, 0.2) is 18.2 Å². The molecular formula is C14H20O2. The lowest BCUT2D eigenvalue weighted by atomic mass is 10.0. The zero-order valence-electron chi connectivity index (χ0n) is 10.5. The SMILES string of the molecule is Cc1ccc(C(C)C)cc1OCC1(C)CO1. The van der Waals surface area contributed by atoms with Gasteiger partial charge in [-0.2, -0.15) is 0 Å². The van der Waals surface area contributed by atoms with Gasteiger partial charge < -0.3 is 9.47 Å². The minimum absolute atomic E-state index is 0.0414. The van der Waals surface area contributed by atoms with Crippen LogP contribution in [-0.4, -0.2) is 18.8 Å². The van der Waals surface area contributed by atoms with Gasteiger partial charge in [-0.1, -0.05) is 26.0 Å². The molecule has 0 saturated carbocycles. The molecule has 0 spiro atoms. The maximum absolute atomic E-state index is 5.83. The van der Waals surface area contributed by atoms with Crippen LogP contribution in [0.1, 0.15) is 37.8 Å². The molecule has 0 N–H and O–H groups in total. The van der Waals surface area contributed by atoms with E-state index in [0.29, 0.717) is 12.5 Å². The molecule has 1 unspecified atom stereocenters. The molecule has 88 valence electrons. The molecule has 1 saturated heterocycles. The first-order valence-corrected chi connectivity index (χ1v) is 5.87. The van der Waals surface area contributed by atoms with Crippen molar-refractivity contribution < 1.29 is 9.47 Å². The van der Waals surface area contributed by atoms with Crippen LogP contribution in [0.3, 0.4) is 0 Å². The lowest BCUT2D eigenvalue weighted by Crippen LogP contribution is -2.17. The lowest BCUT2D eigenvalue weighted by molar-refractivity contribution is 0.201. The molecule has 1 aliphatic rings. The monoisotopic (exact) mass is 220 g/mol. The van der Waals surface area contributed by atoms with E-state index in [9.17, 15) is 0 Å². The van der Waals surface area contributed by atoms with Crippen LogP contribution >= 0.6 is 0 Å². The smallest absolute Gasteiger partial charge is 0.123 e. The third-order valence-electron chi connectivity index (χ3n) is 3.05. The maximum atomic E-state index is 5.83. The van der Waals surface area contributed by atoms with Crippen LogP contribution in [0.4, 0.5) is 0 Å². The van der Waals surface area contributed by atoms with Crippen molar-refractivity contribution in [2.24, 2.45) is 0 Å². The third-order valence-corrected chi connectivity index (χ3v) is 3.05. The van der Waals surface area contributed by atoms with Gasteiger partial charge in [0, 0.05) is 0 Å². The Labute approximate surface area is 97.6 Å². The highest BCUT2D eigenvalue weighted by atomic mass is 16.6. The second-order valence-electron chi connectivity index (χ2n) is 5.21. The molecule has 1 heterocycles. The van der Waals surface area contributed by atoms with Gasteiger partial charge in [0.2, 0.25) is 0 Å². The standard InChI is InChI=1S/C14H20O2/c1-10(2)12-6-5-11(3)13(7-12)15-8-14(4)9-16-14/h5-7,10H,8-9H2,1-4H3. The summed E-state index contributed by atoms with van der Waals surface area (Å²) < 4.78 is 11.1. The van der Waals surface area contributed by atoms with Gasteiger partial charge in [0.15, 0.2) is 0 Å². The first kappa shape index (κ1) is 11.5. The summed E-state index contributed by atoms with van der Waals surface area (Å²) >= 11 is 0. The summed E-state index contributed by atoms with van der Waals surface area (Å²) in [5, 5.41) is 0. The quantitative estimate of drug-likeness (QED) is 0.726. The summed E-state index contributed by atoms with van der Waals surface area (Å²) in [5.41, 5.74) is 2.47. The number of benzene rings is 1. The van der Waals surface area contributed by atoms with Crippen molar-refractivity contribution in [2.45, 2.75) is 39.2 Å². The van der Waals surface area contributed by atoms with E-state index < -0.39 is 0 Å². The van der Waals surface area contributed by atoms with E-state index >= 15 is 0 Å². The molecule has 2 nitrogen and oxygen atoms in total. The zero-order valence-corrected chi connectivity index (χ0v) is 10.5. The van der Waals surface area contributed by atoms with Crippen LogP contribution in [0.2, 0.25) is 0 Å². The van der Waals surface area contributed by atoms with Crippen molar-refractivity contribution in [3.8, 4) is 5.75 Å². The van der Waals surface area contributed by atoms with Gasteiger partial charge in [0.25, 0.3) is 0 Å². The van der Waals surface area contributed by atoms with Gasteiger partial charge in [-0.15, -0.1) is 0 Å². The Balaban J connectivity index is 2.09. The number of ether oxygens (including phenoxy) is 2. The Morgan fingerprint density at radius 3 is 2.69 bits per heavy atom. The molecule has 2 rings (SSSR count). The van der Waals surface area contributed by atoms with E-state index in [2.05, 4.69) is 45.9 Å². The summed E-state index contributed by atoms with van der Waals surface area (Å²) in [7, 11) is 0. The molecule has 0 aromatic heterocycles. The third kappa shape index (κ3) is 2.56. The van der Waals surface area contributed by atoms with Crippen LogP contribution < -0.4 is 4.74 Å². The maximum Gasteiger partial charge on any atom is 0.123 e. The minimum Gasteiger partial charge on any atom is -0.490 e. The second-order valence-corrected chi connectivity index (χ2v) is 5.21. The first-order chi connectivity index (χ1) is 7.50. The van der Waals surface area contributed by atoms with E-state index in [1.54, 1.807) is 0 Å². The molecule has 1 aliphatic heterocycles. The lowest BCUT2D eigenvalue weighted by Gasteiger charge is -2.14. The van der Waals surface area contributed by atoms with Crippen molar-refractivity contribution >= 4 is 0 Å². The molecule has 0 bridgehead atoms. The molecule has 1 aromatic rings. The Hall–Kier alpha value is -1.02. The molecule has 1 atom stereocenters. The summed E-state index contributed by atoms with van der Waals surface area (Å²) in [6.07, 6.45) is 0. The molecule has 16 heavy (non-hydrogen) atoms. The summed E-state index contributed by atoms with van der Waals surface area (Å²) in [4.78, 5) is 0. The second kappa shape index (κ2) is 4.10. The van der Waals surface area contributed by atoms with Gasteiger partial charge >= 0.3 is 0 Å². The van der Waals surface area contributed by atoms with Crippen molar-refractivity contribution in [3.63, 3.8) is 0 Å². The van der Waals surface area contributed by atoms with Gasteiger partial charge in [-0.05, 0) is 37.0 Å². The fourth-order valence-electron chi connectivity index (χ4n) is 1.57. The fourth-order valence-corrected chi connectivity index (χ4v) is 1.57. The molecule has 0 radical (unpaired) electrons. The highest BCUT2D eigenvalue weighted by molar-refractivity contribution is 5.37. The Bertz CT molecular complexity index is 378. The predicted octanol–water partition coefficient (Wildman–Crippen LogP) is 3.29. The normalized spacial score (nSPS) is 23.6. The summed E-state index contributed by atoms with van der Waals surface area (Å²) in [6.45, 7) is 10.0. The van der Waals surface area contributed by atoms with Crippen LogP contribution in [0.5, 0.6) is 5.75 Å². The fraction of sp³-hybridized carbons (Fsp3) is 0.571. The zero-order chi connectivity index (χ0) is 11.8. The average molecular weight is 220 g/mol. The van der Waals surface area contributed by atoms with Crippen molar-refractivity contribution in [1.82, 2.24) is 0 Å². The van der Waals surface area contributed by atoms with E-state index in [4.69, 9.17) is 9.47 Å². The van der Waals surface area contributed by atoms with Gasteiger partial charge in [-0.3, -0.25) is 0 Å². The summed E-state index contributed by atoms with van der Waals surface area (Å²) in [6, 6.07) is 6.44. The van der Waals surface area contributed by atoms with Crippen LogP contribution in [-0.2, 0) is 4.74 Å². The van der Waals surface area contributed by atoms with E-state index in [1.807, 2.05) is 0 Å². The average Bonchev–Trinajstić information content (AvgIpc) is 2.95. The molecular weight excluding hydrogens is 200 g/mol. The Morgan fingerprint density at radius 1 is 1.44 bits per heavy atom. The van der Waals surface area contributed by atoms with Crippen molar-refractivity contribution in [1.29, 1.82) is 0 Å². The summed E-state index contributed by atoms with van der Waals surface area (Å²) in [5.74, 6) is 1.53. The number of aryl methyl sites for hydroxylation is 1. The predicted molar refractivity (Wildman–Crippen MR) is 65.1 cm³/mol.